The van der Waals surface area contributed by atoms with Crippen LogP contribution in [-0.4, -0.2) is 20.8 Å². The van der Waals surface area contributed by atoms with Crippen molar-refractivity contribution in [2.75, 3.05) is 20.8 Å². The monoisotopic (exact) mass is 224 g/mol. The molecule has 2 nitrogen and oxygen atoms in total. The van der Waals surface area contributed by atoms with Crippen LogP contribution in [0.3, 0.4) is 0 Å². The van der Waals surface area contributed by atoms with E-state index in [2.05, 4.69) is 19.1 Å². The van der Waals surface area contributed by atoms with E-state index in [9.17, 15) is 0 Å². The van der Waals surface area contributed by atoms with Gasteiger partial charge in [-0.2, -0.15) is 0 Å². The molecule has 0 aromatic rings. The fourth-order valence-corrected chi connectivity index (χ4v) is 2.08. The second-order valence-electron chi connectivity index (χ2n) is 4.48. The van der Waals surface area contributed by atoms with Crippen LogP contribution >= 0.6 is 0 Å². The third-order valence-electron chi connectivity index (χ3n) is 2.99. The van der Waals surface area contributed by atoms with Gasteiger partial charge in [0.1, 0.15) is 5.76 Å². The van der Waals surface area contributed by atoms with Crippen molar-refractivity contribution in [2.24, 2.45) is 5.92 Å². The second-order valence-corrected chi connectivity index (χ2v) is 4.48. The van der Waals surface area contributed by atoms with Crippen LogP contribution in [0.1, 0.15) is 39.0 Å². The van der Waals surface area contributed by atoms with Crippen LogP contribution in [0.2, 0.25) is 0 Å². The maximum Gasteiger partial charge on any atom is 0.117 e. The lowest BCUT2D eigenvalue weighted by atomic mass is 9.93. The predicted octanol–water partition coefficient (Wildman–Crippen LogP) is 3.69. The molecule has 0 bridgehead atoms. The van der Waals surface area contributed by atoms with E-state index in [1.54, 1.807) is 14.2 Å². The zero-order valence-electron chi connectivity index (χ0n) is 10.8. The third kappa shape index (κ3) is 4.40. The van der Waals surface area contributed by atoms with Crippen molar-refractivity contribution in [1.29, 1.82) is 0 Å². The maximum atomic E-state index is 5.40. The molecule has 0 amide bonds. The van der Waals surface area contributed by atoms with Gasteiger partial charge in [-0.1, -0.05) is 19.4 Å². The van der Waals surface area contributed by atoms with Gasteiger partial charge < -0.3 is 9.47 Å². The van der Waals surface area contributed by atoms with Gasteiger partial charge in [-0.25, -0.2) is 0 Å². The molecule has 0 fully saturated rings. The summed E-state index contributed by atoms with van der Waals surface area (Å²) in [5.41, 5.74) is 1.39. The fourth-order valence-electron chi connectivity index (χ4n) is 2.08. The molecule has 92 valence electrons. The van der Waals surface area contributed by atoms with E-state index in [-0.39, 0.29) is 0 Å². The molecule has 0 aliphatic heterocycles. The first-order valence-electron chi connectivity index (χ1n) is 6.22. The lowest BCUT2D eigenvalue weighted by molar-refractivity contribution is 0.192. The molecule has 1 rings (SSSR count). The standard InChI is InChI=1S/C14H24O2/c1-12-8-9-14(16-3)13(11-12)7-5-4-6-10-15-2/h9,11-12H,4-8,10H2,1-3H3. The summed E-state index contributed by atoms with van der Waals surface area (Å²) in [6, 6.07) is 0. The van der Waals surface area contributed by atoms with Gasteiger partial charge in [-0.3, -0.25) is 0 Å². The van der Waals surface area contributed by atoms with E-state index >= 15 is 0 Å². The molecule has 0 heterocycles. The van der Waals surface area contributed by atoms with Crippen molar-refractivity contribution in [3.63, 3.8) is 0 Å². The first kappa shape index (κ1) is 13.3. The van der Waals surface area contributed by atoms with E-state index in [1.807, 2.05) is 0 Å². The Kier molecular flexibility index (Phi) is 6.24. The molecule has 1 aliphatic carbocycles. The summed E-state index contributed by atoms with van der Waals surface area (Å²) in [6.07, 6.45) is 10.4. The van der Waals surface area contributed by atoms with Gasteiger partial charge >= 0.3 is 0 Å². The Labute approximate surface area is 99.3 Å². The molecule has 0 saturated heterocycles. The molecule has 2 heteroatoms. The molecule has 0 aromatic heterocycles. The SMILES string of the molecule is COCCCCCC1=CC(C)CC=C1OC. The van der Waals surface area contributed by atoms with Gasteiger partial charge in [-0.05, 0) is 43.3 Å². The Morgan fingerprint density at radius 2 is 2.06 bits per heavy atom. The largest absolute Gasteiger partial charge is 0.497 e. The van der Waals surface area contributed by atoms with Crippen LogP contribution < -0.4 is 0 Å². The summed E-state index contributed by atoms with van der Waals surface area (Å²) in [5, 5.41) is 0. The van der Waals surface area contributed by atoms with Crippen LogP contribution in [0, 0.1) is 5.92 Å². The number of hydrogen-bond donors (Lipinski definition) is 0. The summed E-state index contributed by atoms with van der Waals surface area (Å²) in [4.78, 5) is 0. The molecule has 0 saturated carbocycles. The molecule has 1 unspecified atom stereocenters. The van der Waals surface area contributed by atoms with Gasteiger partial charge in [0.25, 0.3) is 0 Å². The van der Waals surface area contributed by atoms with Crippen molar-refractivity contribution in [2.45, 2.75) is 39.0 Å². The van der Waals surface area contributed by atoms with Crippen molar-refractivity contribution >= 4 is 0 Å². The van der Waals surface area contributed by atoms with Crippen LogP contribution in [0.25, 0.3) is 0 Å². The van der Waals surface area contributed by atoms with Crippen molar-refractivity contribution in [3.05, 3.63) is 23.5 Å². The minimum atomic E-state index is 0.660. The van der Waals surface area contributed by atoms with E-state index in [0.29, 0.717) is 5.92 Å². The molecule has 0 N–H and O–H groups in total. The zero-order valence-corrected chi connectivity index (χ0v) is 10.8. The number of allylic oxidation sites excluding steroid dienone is 3. The smallest absolute Gasteiger partial charge is 0.117 e. The average molecular weight is 224 g/mol. The molecule has 0 radical (unpaired) electrons. The molecule has 16 heavy (non-hydrogen) atoms. The number of rotatable bonds is 7. The third-order valence-corrected chi connectivity index (χ3v) is 2.99. The Bertz CT molecular complexity index is 253. The van der Waals surface area contributed by atoms with Crippen LogP contribution in [0.5, 0.6) is 0 Å². The Balaban J connectivity index is 2.30. The van der Waals surface area contributed by atoms with Crippen molar-refractivity contribution in [3.8, 4) is 0 Å². The van der Waals surface area contributed by atoms with Crippen LogP contribution in [0.4, 0.5) is 0 Å². The zero-order chi connectivity index (χ0) is 11.8. The Morgan fingerprint density at radius 3 is 2.75 bits per heavy atom. The maximum absolute atomic E-state index is 5.40. The van der Waals surface area contributed by atoms with Gasteiger partial charge in [-0.15, -0.1) is 0 Å². The molecule has 0 aromatic carbocycles. The lowest BCUT2D eigenvalue weighted by Crippen LogP contribution is -2.03. The number of ether oxygens (including phenoxy) is 2. The van der Waals surface area contributed by atoms with Crippen molar-refractivity contribution < 1.29 is 9.47 Å². The first-order chi connectivity index (χ1) is 7.77. The van der Waals surface area contributed by atoms with Crippen LogP contribution in [-0.2, 0) is 9.47 Å². The number of methoxy groups -OCH3 is 2. The number of hydrogen-bond acceptors (Lipinski definition) is 2. The molecule has 1 atom stereocenters. The highest BCUT2D eigenvalue weighted by Crippen LogP contribution is 2.27. The van der Waals surface area contributed by atoms with E-state index < -0.39 is 0 Å². The summed E-state index contributed by atoms with van der Waals surface area (Å²) in [6.45, 7) is 3.14. The fraction of sp³-hybridized carbons (Fsp3) is 0.714. The van der Waals surface area contributed by atoms with Crippen molar-refractivity contribution in [1.82, 2.24) is 0 Å². The molecular weight excluding hydrogens is 200 g/mol. The normalized spacial score (nSPS) is 20.3. The van der Waals surface area contributed by atoms with Gasteiger partial charge in [0, 0.05) is 13.7 Å². The quantitative estimate of drug-likeness (QED) is 0.614. The molecule has 1 aliphatic rings. The number of unbranched alkanes of at least 4 members (excludes halogenated alkanes) is 2. The summed E-state index contributed by atoms with van der Waals surface area (Å²) >= 11 is 0. The summed E-state index contributed by atoms with van der Waals surface area (Å²) in [5.74, 6) is 1.75. The Morgan fingerprint density at radius 1 is 1.25 bits per heavy atom. The summed E-state index contributed by atoms with van der Waals surface area (Å²) < 4.78 is 10.4. The average Bonchev–Trinajstić information content (AvgIpc) is 2.29. The minimum Gasteiger partial charge on any atom is -0.497 e. The van der Waals surface area contributed by atoms with Gasteiger partial charge in [0.15, 0.2) is 0 Å². The minimum absolute atomic E-state index is 0.660. The Hall–Kier alpha value is -0.760. The first-order valence-corrected chi connectivity index (χ1v) is 6.22. The van der Waals surface area contributed by atoms with E-state index in [1.165, 1.54) is 18.4 Å². The van der Waals surface area contributed by atoms with Gasteiger partial charge in [0.05, 0.1) is 7.11 Å². The van der Waals surface area contributed by atoms with Gasteiger partial charge in [0.2, 0.25) is 0 Å². The lowest BCUT2D eigenvalue weighted by Gasteiger charge is -2.18. The van der Waals surface area contributed by atoms with E-state index in [4.69, 9.17) is 9.47 Å². The molecule has 0 spiro atoms. The van der Waals surface area contributed by atoms with E-state index in [0.717, 1.165) is 31.6 Å². The molecular formula is C14H24O2. The second kappa shape index (κ2) is 7.50. The highest BCUT2D eigenvalue weighted by atomic mass is 16.5. The highest BCUT2D eigenvalue weighted by molar-refractivity contribution is 5.29. The summed E-state index contributed by atoms with van der Waals surface area (Å²) in [7, 11) is 3.53. The topological polar surface area (TPSA) is 18.5 Å². The van der Waals surface area contributed by atoms with Crippen LogP contribution in [0.15, 0.2) is 23.5 Å². The predicted molar refractivity (Wildman–Crippen MR) is 67.3 cm³/mol. The highest BCUT2D eigenvalue weighted by Gasteiger charge is 2.12.